The number of rotatable bonds is 4. The molecule has 1 aliphatic heterocycles. The predicted octanol–water partition coefficient (Wildman–Crippen LogP) is 0.683. The minimum absolute atomic E-state index is 0.0829. The molecule has 0 atom stereocenters. The van der Waals surface area contributed by atoms with Crippen LogP contribution in [-0.2, 0) is 9.59 Å². The molecule has 7 nitrogen and oxygen atoms in total. The molecular weight excluding hydrogens is 322 g/mol. The summed E-state index contributed by atoms with van der Waals surface area (Å²) in [6.07, 6.45) is 2.90. The van der Waals surface area contributed by atoms with Gasteiger partial charge in [-0.15, -0.1) is 10.2 Å². The fraction of sp³-hybridized carbons (Fsp3) is 0.692. The number of carbonyl (C=O) groups excluding carboxylic acids is 2. The number of thioether (sulfide) groups is 1. The SMILES string of the molecule is Nc1nnc(SCC(=O)N2CCCN(C(=O)C3CC3)CC2)s1. The van der Waals surface area contributed by atoms with Crippen molar-refractivity contribution in [2.45, 2.75) is 23.6 Å². The number of anilines is 1. The summed E-state index contributed by atoms with van der Waals surface area (Å²) in [4.78, 5) is 28.1. The van der Waals surface area contributed by atoms with E-state index < -0.39 is 0 Å². The molecule has 9 heteroatoms. The van der Waals surface area contributed by atoms with E-state index in [9.17, 15) is 9.59 Å². The van der Waals surface area contributed by atoms with Gasteiger partial charge in [-0.2, -0.15) is 0 Å². The zero-order chi connectivity index (χ0) is 15.5. The molecule has 1 aromatic rings. The van der Waals surface area contributed by atoms with Crippen LogP contribution in [0.5, 0.6) is 0 Å². The average Bonchev–Trinajstić information content (AvgIpc) is 3.30. The van der Waals surface area contributed by atoms with Gasteiger partial charge in [0.2, 0.25) is 16.9 Å². The first-order chi connectivity index (χ1) is 10.6. The van der Waals surface area contributed by atoms with Crippen molar-refractivity contribution in [2.75, 3.05) is 37.7 Å². The zero-order valence-corrected chi connectivity index (χ0v) is 13.9. The monoisotopic (exact) mass is 341 g/mol. The predicted molar refractivity (Wildman–Crippen MR) is 85.5 cm³/mol. The van der Waals surface area contributed by atoms with E-state index in [-0.39, 0.29) is 17.7 Å². The maximum atomic E-state index is 12.3. The smallest absolute Gasteiger partial charge is 0.233 e. The lowest BCUT2D eigenvalue weighted by atomic mass is 10.3. The second-order valence-corrected chi connectivity index (χ2v) is 7.76. The molecule has 2 fully saturated rings. The van der Waals surface area contributed by atoms with E-state index in [1.165, 1.54) is 23.1 Å². The van der Waals surface area contributed by atoms with Crippen molar-refractivity contribution in [3.63, 3.8) is 0 Å². The van der Waals surface area contributed by atoms with E-state index in [2.05, 4.69) is 10.2 Å². The van der Waals surface area contributed by atoms with Crippen LogP contribution in [0.25, 0.3) is 0 Å². The van der Waals surface area contributed by atoms with Crippen molar-refractivity contribution in [3.8, 4) is 0 Å². The van der Waals surface area contributed by atoms with Crippen molar-refractivity contribution >= 4 is 40.0 Å². The Morgan fingerprint density at radius 2 is 1.91 bits per heavy atom. The number of hydrogen-bond donors (Lipinski definition) is 1. The number of aromatic nitrogens is 2. The number of hydrogen-bond acceptors (Lipinski definition) is 7. The van der Waals surface area contributed by atoms with Crippen LogP contribution < -0.4 is 5.73 Å². The van der Waals surface area contributed by atoms with Crippen LogP contribution in [0.2, 0.25) is 0 Å². The first kappa shape index (κ1) is 15.5. The number of nitrogens with zero attached hydrogens (tertiary/aromatic N) is 4. The molecule has 1 aliphatic carbocycles. The highest BCUT2D eigenvalue weighted by atomic mass is 32.2. The molecule has 0 unspecified atom stereocenters. The van der Waals surface area contributed by atoms with Gasteiger partial charge in [-0.05, 0) is 19.3 Å². The normalized spacial score (nSPS) is 19.1. The Labute approximate surface area is 137 Å². The molecule has 1 aromatic heterocycles. The molecule has 22 heavy (non-hydrogen) atoms. The summed E-state index contributed by atoms with van der Waals surface area (Å²) >= 11 is 2.65. The molecule has 2 N–H and O–H groups in total. The minimum Gasteiger partial charge on any atom is -0.374 e. The third-order valence-electron chi connectivity index (χ3n) is 3.83. The molecule has 1 saturated heterocycles. The third kappa shape index (κ3) is 3.89. The van der Waals surface area contributed by atoms with E-state index in [4.69, 9.17) is 5.73 Å². The molecule has 2 aliphatic rings. The molecule has 2 amide bonds. The molecule has 3 rings (SSSR count). The molecule has 2 heterocycles. The Balaban J connectivity index is 1.47. The van der Waals surface area contributed by atoms with Crippen molar-refractivity contribution < 1.29 is 9.59 Å². The third-order valence-corrected chi connectivity index (χ3v) is 5.70. The summed E-state index contributed by atoms with van der Waals surface area (Å²) in [6, 6.07) is 0. The van der Waals surface area contributed by atoms with Crippen molar-refractivity contribution in [1.82, 2.24) is 20.0 Å². The van der Waals surface area contributed by atoms with Crippen LogP contribution in [0, 0.1) is 5.92 Å². The van der Waals surface area contributed by atoms with Gasteiger partial charge in [-0.1, -0.05) is 23.1 Å². The maximum absolute atomic E-state index is 12.3. The van der Waals surface area contributed by atoms with Crippen LogP contribution in [0.3, 0.4) is 0 Å². The lowest BCUT2D eigenvalue weighted by molar-refractivity contribution is -0.133. The van der Waals surface area contributed by atoms with E-state index in [1.807, 2.05) is 9.80 Å². The highest BCUT2D eigenvalue weighted by Crippen LogP contribution is 2.31. The van der Waals surface area contributed by atoms with Crippen LogP contribution in [0.4, 0.5) is 5.13 Å². The number of carbonyl (C=O) groups is 2. The van der Waals surface area contributed by atoms with E-state index >= 15 is 0 Å². The Morgan fingerprint density at radius 1 is 1.18 bits per heavy atom. The summed E-state index contributed by atoms with van der Waals surface area (Å²) < 4.78 is 0.714. The molecule has 0 radical (unpaired) electrons. The summed E-state index contributed by atoms with van der Waals surface area (Å²) in [5, 5.41) is 8.04. The quantitative estimate of drug-likeness (QED) is 0.810. The van der Waals surface area contributed by atoms with Crippen molar-refractivity contribution in [3.05, 3.63) is 0 Å². The maximum Gasteiger partial charge on any atom is 0.233 e. The lowest BCUT2D eigenvalue weighted by Crippen LogP contribution is -2.38. The summed E-state index contributed by atoms with van der Waals surface area (Å²) in [7, 11) is 0. The lowest BCUT2D eigenvalue weighted by Gasteiger charge is -2.22. The highest BCUT2D eigenvalue weighted by molar-refractivity contribution is 8.01. The van der Waals surface area contributed by atoms with Crippen LogP contribution in [-0.4, -0.2) is 63.7 Å². The van der Waals surface area contributed by atoms with E-state index in [0.717, 1.165) is 25.8 Å². The molecular formula is C13H19N5O2S2. The summed E-state index contributed by atoms with van der Waals surface area (Å²) in [5.41, 5.74) is 5.52. The van der Waals surface area contributed by atoms with Gasteiger partial charge in [0.05, 0.1) is 5.75 Å². The van der Waals surface area contributed by atoms with Crippen molar-refractivity contribution in [2.24, 2.45) is 5.92 Å². The van der Waals surface area contributed by atoms with E-state index in [1.54, 1.807) is 0 Å². The Morgan fingerprint density at radius 3 is 2.59 bits per heavy atom. The van der Waals surface area contributed by atoms with Crippen LogP contribution >= 0.6 is 23.1 Å². The molecule has 120 valence electrons. The number of amides is 2. The Hall–Kier alpha value is -1.35. The molecule has 0 bridgehead atoms. The fourth-order valence-corrected chi connectivity index (χ4v) is 4.01. The second kappa shape index (κ2) is 6.82. The van der Waals surface area contributed by atoms with Gasteiger partial charge in [0.1, 0.15) is 0 Å². The fourth-order valence-electron chi connectivity index (χ4n) is 2.47. The Kier molecular flexibility index (Phi) is 4.82. The standard InChI is InChI=1S/C13H19N5O2S2/c14-12-15-16-13(22-12)21-8-10(19)17-4-1-5-18(7-6-17)11(20)9-2-3-9/h9H,1-8H2,(H2,14,15). The summed E-state index contributed by atoms with van der Waals surface area (Å²) in [6.45, 7) is 2.75. The van der Waals surface area contributed by atoms with Gasteiger partial charge in [-0.3, -0.25) is 9.59 Å². The number of nitrogen functional groups attached to an aromatic ring is 1. The second-order valence-electron chi connectivity index (χ2n) is 5.53. The van der Waals surface area contributed by atoms with Gasteiger partial charge in [0.15, 0.2) is 4.34 Å². The number of nitrogens with two attached hydrogens (primary N) is 1. The topological polar surface area (TPSA) is 92.4 Å². The zero-order valence-electron chi connectivity index (χ0n) is 12.2. The summed E-state index contributed by atoms with van der Waals surface area (Å²) in [5.74, 6) is 0.943. The first-order valence-electron chi connectivity index (χ1n) is 7.42. The van der Waals surface area contributed by atoms with Crippen molar-refractivity contribution in [1.29, 1.82) is 0 Å². The van der Waals surface area contributed by atoms with E-state index in [0.29, 0.717) is 34.9 Å². The largest absolute Gasteiger partial charge is 0.374 e. The average molecular weight is 341 g/mol. The highest BCUT2D eigenvalue weighted by Gasteiger charge is 2.34. The van der Waals surface area contributed by atoms with Gasteiger partial charge in [-0.25, -0.2) is 0 Å². The minimum atomic E-state index is 0.0829. The Bertz CT molecular complexity index is 560. The van der Waals surface area contributed by atoms with Crippen LogP contribution in [0.15, 0.2) is 4.34 Å². The van der Waals surface area contributed by atoms with Gasteiger partial charge in [0, 0.05) is 32.1 Å². The molecule has 1 saturated carbocycles. The van der Waals surface area contributed by atoms with Crippen LogP contribution in [0.1, 0.15) is 19.3 Å². The molecule has 0 spiro atoms. The molecule has 0 aromatic carbocycles. The van der Waals surface area contributed by atoms with Gasteiger partial charge >= 0.3 is 0 Å². The van der Waals surface area contributed by atoms with Gasteiger partial charge < -0.3 is 15.5 Å². The van der Waals surface area contributed by atoms with Gasteiger partial charge in [0.25, 0.3) is 0 Å². The first-order valence-corrected chi connectivity index (χ1v) is 9.22.